The van der Waals surface area contributed by atoms with Gasteiger partial charge in [-0.2, -0.15) is 18.2 Å². The van der Waals surface area contributed by atoms with Gasteiger partial charge in [0.25, 0.3) is 0 Å². The molecule has 1 aromatic carbocycles. The van der Waals surface area contributed by atoms with E-state index in [1.54, 1.807) is 30.1 Å². The highest BCUT2D eigenvalue weighted by atomic mass is 35.5. The van der Waals surface area contributed by atoms with Crippen LogP contribution in [0.2, 0.25) is 10.0 Å². The molecule has 1 atom stereocenters. The summed E-state index contributed by atoms with van der Waals surface area (Å²) in [4.78, 5) is 7.12. The van der Waals surface area contributed by atoms with E-state index in [-0.39, 0.29) is 29.0 Å². The normalized spacial score (nSPS) is 13.0. The molecule has 0 radical (unpaired) electrons. The first kappa shape index (κ1) is 22.4. The lowest BCUT2D eigenvalue weighted by atomic mass is 10.1. The Morgan fingerprint density at radius 1 is 1.18 bits per heavy atom. The molecule has 0 fully saturated rings. The Morgan fingerprint density at radius 3 is 2.46 bits per heavy atom. The summed E-state index contributed by atoms with van der Waals surface area (Å²) in [5.41, 5.74) is 6.73. The van der Waals surface area contributed by atoms with Gasteiger partial charge in [0.15, 0.2) is 11.9 Å². The second-order valence-corrected chi connectivity index (χ2v) is 6.97. The van der Waals surface area contributed by atoms with Gasteiger partial charge in [0, 0.05) is 32.2 Å². The molecule has 0 aliphatic rings. The monoisotopic (exact) mass is 438 g/mol. The summed E-state index contributed by atoms with van der Waals surface area (Å²) in [7, 11) is 3.12. The zero-order valence-corrected chi connectivity index (χ0v) is 16.6. The van der Waals surface area contributed by atoms with Crippen molar-refractivity contribution in [3.63, 3.8) is 0 Å². The van der Waals surface area contributed by atoms with Crippen molar-refractivity contribution >= 4 is 35.0 Å². The smallest absolute Gasteiger partial charge is 0.382 e. The van der Waals surface area contributed by atoms with E-state index in [1.807, 2.05) is 0 Å². The van der Waals surface area contributed by atoms with E-state index in [9.17, 15) is 13.2 Å². The van der Waals surface area contributed by atoms with Gasteiger partial charge in [0.2, 0.25) is 5.95 Å². The van der Waals surface area contributed by atoms with Crippen molar-refractivity contribution in [3.05, 3.63) is 28.2 Å². The van der Waals surface area contributed by atoms with E-state index < -0.39 is 18.8 Å². The van der Waals surface area contributed by atoms with Gasteiger partial charge in [0.1, 0.15) is 5.69 Å². The van der Waals surface area contributed by atoms with Crippen LogP contribution in [-0.2, 0) is 0 Å². The van der Waals surface area contributed by atoms with Crippen LogP contribution in [0.25, 0.3) is 11.3 Å². The lowest BCUT2D eigenvalue weighted by Crippen LogP contribution is -2.41. The third kappa shape index (κ3) is 5.57. The Labute approximate surface area is 169 Å². The van der Waals surface area contributed by atoms with Crippen molar-refractivity contribution in [2.24, 2.45) is 0 Å². The van der Waals surface area contributed by atoms with Crippen LogP contribution in [0.4, 0.5) is 24.9 Å². The van der Waals surface area contributed by atoms with Crippen LogP contribution in [0.15, 0.2) is 18.2 Å². The zero-order valence-electron chi connectivity index (χ0n) is 15.1. The molecule has 0 aliphatic carbocycles. The summed E-state index contributed by atoms with van der Waals surface area (Å²) in [5.74, 6) is 0.283. The molecule has 0 amide bonds. The molecule has 0 saturated carbocycles. The van der Waals surface area contributed by atoms with Crippen molar-refractivity contribution in [1.29, 1.82) is 0 Å². The highest BCUT2D eigenvalue weighted by Gasteiger charge is 2.38. The van der Waals surface area contributed by atoms with Crippen LogP contribution in [0.3, 0.4) is 0 Å². The Balaban J connectivity index is 2.04. The van der Waals surface area contributed by atoms with E-state index in [0.717, 1.165) is 0 Å². The van der Waals surface area contributed by atoms with E-state index in [4.69, 9.17) is 34.0 Å². The molecule has 2 rings (SSSR count). The maximum atomic E-state index is 12.4. The Morgan fingerprint density at radius 2 is 1.86 bits per heavy atom. The van der Waals surface area contributed by atoms with Crippen molar-refractivity contribution in [2.75, 3.05) is 44.4 Å². The van der Waals surface area contributed by atoms with Crippen LogP contribution < -0.4 is 10.6 Å². The van der Waals surface area contributed by atoms with Gasteiger partial charge in [-0.25, -0.2) is 0 Å². The van der Waals surface area contributed by atoms with Crippen LogP contribution in [0.5, 0.6) is 0 Å². The molecule has 0 bridgehead atoms. The quantitative estimate of drug-likeness (QED) is 0.686. The molecule has 1 aromatic heterocycles. The fourth-order valence-corrected chi connectivity index (χ4v) is 2.67. The average molecular weight is 439 g/mol. The third-order valence-corrected chi connectivity index (χ3v) is 4.75. The SMILES string of the molecule is CN(CCN(C)c1nnc(-c2cccc(Cl)c2Cl)c(N)n1)CC(O)C(F)(F)F. The van der Waals surface area contributed by atoms with Gasteiger partial charge in [-0.15, -0.1) is 10.2 Å². The number of nitrogens with zero attached hydrogens (tertiary/aromatic N) is 5. The average Bonchev–Trinajstić information content (AvgIpc) is 2.61. The number of hydrogen-bond donors (Lipinski definition) is 2. The summed E-state index contributed by atoms with van der Waals surface area (Å²) in [5, 5.41) is 17.8. The predicted octanol–water partition coefficient (Wildman–Crippen LogP) is 2.72. The summed E-state index contributed by atoms with van der Waals surface area (Å²) < 4.78 is 37.2. The molecule has 0 saturated heterocycles. The van der Waals surface area contributed by atoms with Crippen LogP contribution >= 0.6 is 23.2 Å². The van der Waals surface area contributed by atoms with E-state index in [0.29, 0.717) is 17.1 Å². The number of nitrogen functional groups attached to an aromatic ring is 1. The minimum Gasteiger partial charge on any atom is -0.382 e. The van der Waals surface area contributed by atoms with Crippen molar-refractivity contribution in [2.45, 2.75) is 12.3 Å². The lowest BCUT2D eigenvalue weighted by molar-refractivity contribution is -0.207. The molecule has 1 heterocycles. The zero-order chi connectivity index (χ0) is 21.1. The van der Waals surface area contributed by atoms with Crippen LogP contribution in [0.1, 0.15) is 0 Å². The first-order chi connectivity index (χ1) is 13.0. The maximum Gasteiger partial charge on any atom is 0.415 e. The number of rotatable bonds is 7. The highest BCUT2D eigenvalue weighted by molar-refractivity contribution is 6.43. The largest absolute Gasteiger partial charge is 0.415 e. The number of aromatic nitrogens is 3. The van der Waals surface area contributed by atoms with Gasteiger partial charge >= 0.3 is 6.18 Å². The van der Waals surface area contributed by atoms with E-state index in [1.165, 1.54) is 11.9 Å². The number of alkyl halides is 3. The minimum atomic E-state index is -4.65. The fraction of sp³-hybridized carbons (Fsp3) is 0.438. The number of aliphatic hydroxyl groups excluding tert-OH is 1. The van der Waals surface area contributed by atoms with Crippen molar-refractivity contribution in [1.82, 2.24) is 20.1 Å². The van der Waals surface area contributed by atoms with Crippen LogP contribution in [-0.4, -0.2) is 71.2 Å². The Bertz CT molecular complexity index is 823. The van der Waals surface area contributed by atoms with Crippen LogP contribution in [0, 0.1) is 0 Å². The van der Waals surface area contributed by atoms with Gasteiger partial charge < -0.3 is 20.6 Å². The van der Waals surface area contributed by atoms with Gasteiger partial charge in [-0.05, 0) is 13.1 Å². The van der Waals surface area contributed by atoms with Crippen molar-refractivity contribution in [3.8, 4) is 11.3 Å². The topological polar surface area (TPSA) is 91.4 Å². The second-order valence-electron chi connectivity index (χ2n) is 6.19. The molecular formula is C16H19Cl2F3N6O. The summed E-state index contributed by atoms with van der Waals surface area (Å²) >= 11 is 12.2. The van der Waals surface area contributed by atoms with Crippen molar-refractivity contribution < 1.29 is 18.3 Å². The molecule has 7 nitrogen and oxygen atoms in total. The first-order valence-electron chi connectivity index (χ1n) is 8.09. The summed E-state index contributed by atoms with van der Waals surface area (Å²) in [6.07, 6.45) is -7.06. The highest BCUT2D eigenvalue weighted by Crippen LogP contribution is 2.34. The predicted molar refractivity (Wildman–Crippen MR) is 103 cm³/mol. The Hall–Kier alpha value is -1.88. The molecular weight excluding hydrogens is 420 g/mol. The molecule has 0 aliphatic heterocycles. The summed E-state index contributed by atoms with van der Waals surface area (Å²) in [6.45, 7) is -0.0148. The van der Waals surface area contributed by atoms with Gasteiger partial charge in [-0.3, -0.25) is 0 Å². The fourth-order valence-electron chi connectivity index (χ4n) is 2.28. The van der Waals surface area contributed by atoms with Gasteiger partial charge in [0.05, 0.1) is 10.0 Å². The lowest BCUT2D eigenvalue weighted by Gasteiger charge is -2.24. The number of likely N-dealkylation sites (N-methyl/N-ethyl adjacent to an activating group) is 2. The molecule has 2 aromatic rings. The molecule has 3 N–H and O–H groups in total. The molecule has 0 spiro atoms. The molecule has 154 valence electrons. The first-order valence-corrected chi connectivity index (χ1v) is 8.85. The Kier molecular flexibility index (Phi) is 7.27. The molecule has 1 unspecified atom stereocenters. The third-order valence-electron chi connectivity index (χ3n) is 3.93. The molecule has 12 heteroatoms. The maximum absolute atomic E-state index is 12.4. The second kappa shape index (κ2) is 9.08. The number of anilines is 2. The minimum absolute atomic E-state index is 0.0851. The number of halogens is 5. The summed E-state index contributed by atoms with van der Waals surface area (Å²) in [6, 6.07) is 5.00. The van der Waals surface area contributed by atoms with Gasteiger partial charge in [-0.1, -0.05) is 35.3 Å². The number of hydrogen-bond acceptors (Lipinski definition) is 7. The van der Waals surface area contributed by atoms with E-state index in [2.05, 4.69) is 15.2 Å². The standard InChI is InChI=1S/C16H19Cl2F3N6O/c1-26(8-11(28)16(19,20)21)6-7-27(2)15-23-14(22)13(24-25-15)9-4-3-5-10(17)12(9)18/h3-5,11,28H,6-8H2,1-2H3,(H2,22,23,25). The molecule has 28 heavy (non-hydrogen) atoms. The van der Waals surface area contributed by atoms with E-state index >= 15 is 0 Å². The number of nitrogens with two attached hydrogens (primary N) is 1. The number of benzene rings is 1. The number of aliphatic hydroxyl groups is 1.